The summed E-state index contributed by atoms with van der Waals surface area (Å²) < 4.78 is 2.40. The molecule has 4 nitrogen and oxygen atoms in total. The lowest BCUT2D eigenvalue weighted by molar-refractivity contribution is 0.273. The Bertz CT molecular complexity index is 558. The molecule has 1 aromatic heterocycles. The first kappa shape index (κ1) is 16.3. The number of aromatic nitrogens is 2. The molecule has 0 bridgehead atoms. The van der Waals surface area contributed by atoms with Gasteiger partial charge in [0.1, 0.15) is 5.82 Å². The van der Waals surface area contributed by atoms with E-state index in [1.807, 2.05) is 0 Å². The first-order chi connectivity index (χ1) is 9.88. The van der Waals surface area contributed by atoms with Crippen LogP contribution >= 0.6 is 12.4 Å². The highest BCUT2D eigenvalue weighted by Crippen LogP contribution is 2.18. The minimum absolute atomic E-state index is 0. The summed E-state index contributed by atoms with van der Waals surface area (Å²) in [5.41, 5.74) is 2.40. The molecule has 0 atom stereocenters. The number of nitrogens with zero attached hydrogens (tertiary/aromatic N) is 3. The van der Waals surface area contributed by atoms with Crippen LogP contribution < -0.4 is 5.32 Å². The summed E-state index contributed by atoms with van der Waals surface area (Å²) in [5, 5.41) is 3.46. The Labute approximate surface area is 132 Å². The molecule has 1 fully saturated rings. The molecular formula is C16H25ClN4. The van der Waals surface area contributed by atoms with Gasteiger partial charge in [-0.2, -0.15) is 0 Å². The van der Waals surface area contributed by atoms with E-state index in [1.54, 1.807) is 0 Å². The molecule has 0 amide bonds. The summed E-state index contributed by atoms with van der Waals surface area (Å²) in [7, 11) is 0. The van der Waals surface area contributed by atoms with Gasteiger partial charge in [0.15, 0.2) is 0 Å². The van der Waals surface area contributed by atoms with Gasteiger partial charge in [0.05, 0.1) is 17.6 Å². The number of rotatable bonds is 4. The Balaban J connectivity index is 0.00000161. The number of halogens is 1. The van der Waals surface area contributed by atoms with Crippen LogP contribution in [0.5, 0.6) is 0 Å². The minimum atomic E-state index is 0. The number of para-hydroxylation sites is 2. The molecule has 1 saturated heterocycles. The molecule has 0 spiro atoms. The second-order valence-electron chi connectivity index (χ2n) is 5.55. The molecule has 1 N–H and O–H groups in total. The molecule has 2 heterocycles. The zero-order valence-corrected chi connectivity index (χ0v) is 13.5. The first-order valence-corrected chi connectivity index (χ1v) is 7.75. The highest BCUT2D eigenvalue weighted by atomic mass is 35.5. The van der Waals surface area contributed by atoms with Crippen molar-refractivity contribution < 1.29 is 0 Å². The predicted molar refractivity (Wildman–Crippen MR) is 90.0 cm³/mol. The average Bonchev–Trinajstić information content (AvgIpc) is 2.64. The Kier molecular flexibility index (Phi) is 6.03. The van der Waals surface area contributed by atoms with Gasteiger partial charge in [0.2, 0.25) is 0 Å². The third-order valence-corrected chi connectivity index (χ3v) is 3.98. The molecule has 2 aromatic rings. The van der Waals surface area contributed by atoms with Gasteiger partial charge in [-0.05, 0) is 38.1 Å². The third kappa shape index (κ3) is 3.76. The van der Waals surface area contributed by atoms with Crippen molar-refractivity contribution in [3.63, 3.8) is 0 Å². The summed E-state index contributed by atoms with van der Waals surface area (Å²) in [6.07, 6.45) is 2.38. The highest BCUT2D eigenvalue weighted by molar-refractivity contribution is 5.85. The number of imidazole rings is 1. The van der Waals surface area contributed by atoms with E-state index in [2.05, 4.69) is 46.0 Å². The van der Waals surface area contributed by atoms with E-state index < -0.39 is 0 Å². The Hall–Kier alpha value is -1.10. The quantitative estimate of drug-likeness (QED) is 0.942. The molecule has 1 aromatic carbocycles. The molecule has 0 radical (unpaired) electrons. The summed E-state index contributed by atoms with van der Waals surface area (Å²) in [6, 6.07) is 8.49. The van der Waals surface area contributed by atoms with Gasteiger partial charge >= 0.3 is 0 Å². The van der Waals surface area contributed by atoms with Crippen LogP contribution in [0.1, 0.15) is 25.6 Å². The monoisotopic (exact) mass is 308 g/mol. The Morgan fingerprint density at radius 1 is 1.19 bits per heavy atom. The van der Waals surface area contributed by atoms with Crippen molar-refractivity contribution in [3.05, 3.63) is 30.1 Å². The van der Waals surface area contributed by atoms with Gasteiger partial charge in [-0.1, -0.05) is 19.1 Å². The third-order valence-electron chi connectivity index (χ3n) is 3.98. The Morgan fingerprint density at radius 2 is 2.05 bits per heavy atom. The summed E-state index contributed by atoms with van der Waals surface area (Å²) >= 11 is 0. The van der Waals surface area contributed by atoms with E-state index in [0.29, 0.717) is 0 Å². The standard InChI is InChI=1S/C16H24N4.ClH/c1-2-10-20-15-7-4-3-6-14(15)18-16(20)13-19-11-5-8-17-9-12-19;/h3-4,6-7,17H,2,5,8-13H2,1H3;1H. The lowest BCUT2D eigenvalue weighted by atomic mass is 10.3. The SMILES string of the molecule is CCCn1c(CN2CCCNCC2)nc2ccccc21.Cl. The van der Waals surface area contributed by atoms with E-state index >= 15 is 0 Å². The second kappa shape index (κ2) is 7.78. The molecular weight excluding hydrogens is 284 g/mol. The fourth-order valence-electron chi connectivity index (χ4n) is 2.98. The number of hydrogen-bond acceptors (Lipinski definition) is 3. The van der Waals surface area contributed by atoms with Gasteiger partial charge in [-0.25, -0.2) is 4.98 Å². The van der Waals surface area contributed by atoms with Crippen LogP contribution in [-0.4, -0.2) is 40.6 Å². The van der Waals surface area contributed by atoms with Gasteiger partial charge < -0.3 is 9.88 Å². The fraction of sp³-hybridized carbons (Fsp3) is 0.562. The lowest BCUT2D eigenvalue weighted by Gasteiger charge is -2.19. The number of nitrogens with one attached hydrogen (secondary N) is 1. The van der Waals surface area contributed by atoms with E-state index in [-0.39, 0.29) is 12.4 Å². The predicted octanol–water partition coefficient (Wildman–Crippen LogP) is 2.66. The second-order valence-corrected chi connectivity index (χ2v) is 5.55. The van der Waals surface area contributed by atoms with Crippen LogP contribution in [-0.2, 0) is 13.1 Å². The van der Waals surface area contributed by atoms with E-state index in [0.717, 1.165) is 44.7 Å². The smallest absolute Gasteiger partial charge is 0.124 e. The molecule has 0 unspecified atom stereocenters. The van der Waals surface area contributed by atoms with Crippen molar-refractivity contribution in [2.45, 2.75) is 32.9 Å². The van der Waals surface area contributed by atoms with Crippen molar-refractivity contribution in [2.24, 2.45) is 0 Å². The van der Waals surface area contributed by atoms with Crippen LogP contribution in [0.4, 0.5) is 0 Å². The van der Waals surface area contributed by atoms with Crippen LogP contribution in [0.15, 0.2) is 24.3 Å². The van der Waals surface area contributed by atoms with Crippen LogP contribution in [0.3, 0.4) is 0 Å². The van der Waals surface area contributed by atoms with Crippen molar-refractivity contribution in [1.82, 2.24) is 19.8 Å². The summed E-state index contributed by atoms with van der Waals surface area (Å²) in [4.78, 5) is 7.38. The molecule has 1 aliphatic rings. The van der Waals surface area contributed by atoms with Crippen LogP contribution in [0.25, 0.3) is 11.0 Å². The first-order valence-electron chi connectivity index (χ1n) is 7.75. The molecule has 0 aliphatic carbocycles. The average molecular weight is 309 g/mol. The summed E-state index contributed by atoms with van der Waals surface area (Å²) in [6.45, 7) is 8.78. The van der Waals surface area contributed by atoms with Gasteiger partial charge in [0.25, 0.3) is 0 Å². The molecule has 3 rings (SSSR count). The minimum Gasteiger partial charge on any atom is -0.327 e. The maximum Gasteiger partial charge on any atom is 0.124 e. The van der Waals surface area contributed by atoms with Gasteiger partial charge in [0, 0.05) is 19.6 Å². The number of fused-ring (bicyclic) bond motifs is 1. The number of hydrogen-bond donors (Lipinski definition) is 1. The fourth-order valence-corrected chi connectivity index (χ4v) is 2.98. The summed E-state index contributed by atoms with van der Waals surface area (Å²) in [5.74, 6) is 1.22. The lowest BCUT2D eigenvalue weighted by Crippen LogP contribution is -2.29. The van der Waals surface area contributed by atoms with E-state index in [1.165, 1.54) is 24.3 Å². The molecule has 5 heteroatoms. The van der Waals surface area contributed by atoms with Crippen molar-refractivity contribution >= 4 is 23.4 Å². The largest absolute Gasteiger partial charge is 0.327 e. The zero-order chi connectivity index (χ0) is 13.8. The maximum atomic E-state index is 4.86. The topological polar surface area (TPSA) is 33.1 Å². The zero-order valence-electron chi connectivity index (χ0n) is 12.7. The van der Waals surface area contributed by atoms with E-state index in [4.69, 9.17) is 4.98 Å². The van der Waals surface area contributed by atoms with Gasteiger partial charge in [-0.15, -0.1) is 12.4 Å². The van der Waals surface area contributed by atoms with E-state index in [9.17, 15) is 0 Å². The van der Waals surface area contributed by atoms with Crippen molar-refractivity contribution in [1.29, 1.82) is 0 Å². The molecule has 21 heavy (non-hydrogen) atoms. The van der Waals surface area contributed by atoms with Crippen LogP contribution in [0, 0.1) is 0 Å². The number of benzene rings is 1. The highest BCUT2D eigenvalue weighted by Gasteiger charge is 2.14. The maximum absolute atomic E-state index is 4.86. The molecule has 1 aliphatic heterocycles. The number of aryl methyl sites for hydroxylation is 1. The molecule has 0 saturated carbocycles. The van der Waals surface area contributed by atoms with Gasteiger partial charge in [-0.3, -0.25) is 4.90 Å². The Morgan fingerprint density at radius 3 is 2.90 bits per heavy atom. The molecule has 116 valence electrons. The van der Waals surface area contributed by atoms with Crippen molar-refractivity contribution in [2.75, 3.05) is 26.2 Å². The normalized spacial score (nSPS) is 16.6. The van der Waals surface area contributed by atoms with Crippen molar-refractivity contribution in [3.8, 4) is 0 Å². The van der Waals surface area contributed by atoms with Crippen LogP contribution in [0.2, 0.25) is 0 Å².